The van der Waals surface area contributed by atoms with Crippen molar-refractivity contribution < 1.29 is 14.4 Å². The maximum Gasteiger partial charge on any atom is 0.248 e. The first kappa shape index (κ1) is 22.7. The summed E-state index contributed by atoms with van der Waals surface area (Å²) >= 11 is 0. The molecule has 1 aliphatic heterocycles. The molecule has 2 rings (SSSR count). The summed E-state index contributed by atoms with van der Waals surface area (Å²) in [4.78, 5) is 37.5. The quantitative estimate of drug-likeness (QED) is 0.493. The van der Waals surface area contributed by atoms with Crippen molar-refractivity contribution in [2.24, 2.45) is 0 Å². The maximum atomic E-state index is 13.1. The average Bonchev–Trinajstić information content (AvgIpc) is 2.71. The van der Waals surface area contributed by atoms with Gasteiger partial charge in [-0.25, -0.2) is 0 Å². The van der Waals surface area contributed by atoms with Crippen LogP contribution in [0.5, 0.6) is 0 Å². The molecular weight excluding hydrogens is 366 g/mol. The molecule has 0 spiro atoms. The number of likely N-dealkylation sites (N-methyl/N-ethyl adjacent to an activating group) is 2. The Balaban J connectivity index is 2.28. The molecule has 0 fully saturated rings. The molecule has 0 atom stereocenters. The van der Waals surface area contributed by atoms with Crippen molar-refractivity contribution in [1.82, 2.24) is 16.0 Å². The lowest BCUT2D eigenvalue weighted by Gasteiger charge is -2.36. The van der Waals surface area contributed by atoms with Crippen LogP contribution in [0.4, 0.5) is 0 Å². The highest BCUT2D eigenvalue weighted by molar-refractivity contribution is 6.22. The molecule has 0 unspecified atom stereocenters. The van der Waals surface area contributed by atoms with E-state index in [9.17, 15) is 14.4 Å². The fraction of sp³-hybridized carbons (Fsp3) is 0.391. The monoisotopic (exact) mass is 396 g/mol. The van der Waals surface area contributed by atoms with Gasteiger partial charge in [-0.2, -0.15) is 0 Å². The van der Waals surface area contributed by atoms with Crippen molar-refractivity contribution in [3.63, 3.8) is 0 Å². The number of allylic oxidation sites excluding steroid dienone is 8. The Morgan fingerprint density at radius 2 is 1.72 bits per heavy atom. The molecule has 2 aliphatic rings. The van der Waals surface area contributed by atoms with E-state index in [4.69, 9.17) is 0 Å². The van der Waals surface area contributed by atoms with Crippen LogP contribution < -0.4 is 16.0 Å². The Labute approximate surface area is 172 Å². The molecule has 0 aromatic carbocycles. The zero-order valence-electron chi connectivity index (χ0n) is 17.2. The highest BCUT2D eigenvalue weighted by Gasteiger charge is 2.38. The predicted molar refractivity (Wildman–Crippen MR) is 115 cm³/mol. The van der Waals surface area contributed by atoms with Gasteiger partial charge < -0.3 is 5.32 Å². The summed E-state index contributed by atoms with van der Waals surface area (Å²) in [5.74, 6) is -1.13. The van der Waals surface area contributed by atoms with E-state index in [1.807, 2.05) is 6.08 Å². The summed E-state index contributed by atoms with van der Waals surface area (Å²) in [6.07, 6.45) is 20.8. The number of hydrogen-bond acceptors (Lipinski definition) is 5. The first-order valence-corrected chi connectivity index (χ1v) is 10.1. The van der Waals surface area contributed by atoms with Crippen molar-refractivity contribution >= 4 is 17.5 Å². The third kappa shape index (κ3) is 6.48. The van der Waals surface area contributed by atoms with E-state index < -0.39 is 11.6 Å². The highest BCUT2D eigenvalue weighted by atomic mass is 16.2. The molecule has 0 saturated carbocycles. The van der Waals surface area contributed by atoms with Crippen molar-refractivity contribution in [2.75, 3.05) is 14.1 Å². The van der Waals surface area contributed by atoms with Crippen LogP contribution in [0, 0.1) is 6.42 Å². The van der Waals surface area contributed by atoms with Crippen molar-refractivity contribution in [3.05, 3.63) is 66.3 Å². The summed E-state index contributed by atoms with van der Waals surface area (Å²) in [5.41, 5.74) is -0.514. The molecular formula is C23H30N3O3. The molecule has 1 amide bonds. The third-order valence-corrected chi connectivity index (χ3v) is 5.10. The number of carbonyl (C=O) groups is 3. The van der Waals surface area contributed by atoms with Gasteiger partial charge in [0.15, 0.2) is 5.78 Å². The standard InChI is InChI=1S/C23H30N3O3/c1-24-23(25-2)15-13-11-9-7-5-3-4-6-8-10-12-14-21(28)26-20-17-18(27)16-19(23)22(20)29/h3-5,8,10,12,14,16-17,24-25H,6-7,9,11,13,15H2,1-2H3,(H,26,28)/b5-3+,10-8+,14-12+. The minimum absolute atomic E-state index is 0.00328. The van der Waals surface area contributed by atoms with Gasteiger partial charge in [0.25, 0.3) is 0 Å². The van der Waals surface area contributed by atoms with E-state index in [-0.39, 0.29) is 17.3 Å². The average molecular weight is 397 g/mol. The molecule has 6 nitrogen and oxygen atoms in total. The molecule has 155 valence electrons. The van der Waals surface area contributed by atoms with Gasteiger partial charge in [0.2, 0.25) is 11.7 Å². The van der Waals surface area contributed by atoms with E-state index in [1.165, 1.54) is 18.2 Å². The minimum atomic E-state index is -0.831. The first-order valence-electron chi connectivity index (χ1n) is 10.1. The van der Waals surface area contributed by atoms with Crippen LogP contribution in [-0.2, 0) is 14.4 Å². The fourth-order valence-corrected chi connectivity index (χ4v) is 3.44. The number of carbonyl (C=O) groups excluding carboxylic acids is 3. The van der Waals surface area contributed by atoms with Crippen LogP contribution in [-0.4, -0.2) is 37.2 Å². The van der Waals surface area contributed by atoms with Crippen LogP contribution in [0.3, 0.4) is 0 Å². The van der Waals surface area contributed by atoms with Crippen molar-refractivity contribution in [3.8, 4) is 0 Å². The lowest BCUT2D eigenvalue weighted by Crippen LogP contribution is -2.58. The second-order valence-corrected chi connectivity index (χ2v) is 7.03. The predicted octanol–water partition coefficient (Wildman–Crippen LogP) is 2.43. The zero-order chi connectivity index (χ0) is 21.1. The van der Waals surface area contributed by atoms with Gasteiger partial charge in [-0.1, -0.05) is 36.8 Å². The van der Waals surface area contributed by atoms with E-state index in [2.05, 4.69) is 34.5 Å². The Hall–Kier alpha value is -2.57. The molecule has 3 N–H and O–H groups in total. The number of fused-ring (bicyclic) bond motifs is 2. The second kappa shape index (κ2) is 11.4. The number of ketones is 2. The van der Waals surface area contributed by atoms with Gasteiger partial charge >= 0.3 is 0 Å². The molecule has 0 aromatic heterocycles. The van der Waals surface area contributed by atoms with Gasteiger partial charge in [-0.3, -0.25) is 25.0 Å². The smallest absolute Gasteiger partial charge is 0.248 e. The molecule has 0 aromatic rings. The lowest BCUT2D eigenvalue weighted by molar-refractivity contribution is -0.119. The van der Waals surface area contributed by atoms with Gasteiger partial charge in [0.05, 0.1) is 11.4 Å². The summed E-state index contributed by atoms with van der Waals surface area (Å²) in [6.45, 7) is 0. The lowest BCUT2D eigenvalue weighted by atomic mass is 9.85. The molecule has 29 heavy (non-hydrogen) atoms. The minimum Gasteiger partial charge on any atom is -0.319 e. The van der Waals surface area contributed by atoms with Crippen LogP contribution in [0.25, 0.3) is 0 Å². The SMILES string of the molecule is CNC1(NC)CCCCC/C=C/[CH]C/C=C/C=C/C(=O)NC2=CC(=O)C=C1C2=O. The van der Waals surface area contributed by atoms with Gasteiger partial charge in [0.1, 0.15) is 0 Å². The van der Waals surface area contributed by atoms with Crippen LogP contribution >= 0.6 is 0 Å². The summed E-state index contributed by atoms with van der Waals surface area (Å²) in [6, 6.07) is 0. The Bertz CT molecular complexity index is 768. The molecule has 6 heteroatoms. The van der Waals surface area contributed by atoms with Gasteiger partial charge in [-0.05, 0) is 58.7 Å². The van der Waals surface area contributed by atoms with Gasteiger partial charge in [-0.15, -0.1) is 0 Å². The van der Waals surface area contributed by atoms with E-state index in [0.29, 0.717) is 12.0 Å². The third-order valence-electron chi connectivity index (χ3n) is 5.10. The summed E-state index contributed by atoms with van der Waals surface area (Å²) in [5, 5.41) is 8.90. The number of Topliss-reactive ketones (excluding diaryl/α,β-unsaturated/α-hetero) is 1. The Morgan fingerprint density at radius 3 is 2.48 bits per heavy atom. The van der Waals surface area contributed by atoms with Crippen LogP contribution in [0.2, 0.25) is 0 Å². The number of rotatable bonds is 2. The number of hydrogen-bond donors (Lipinski definition) is 3. The molecule has 1 radical (unpaired) electrons. The van der Waals surface area contributed by atoms with Gasteiger partial charge in [0, 0.05) is 17.7 Å². The number of nitrogens with one attached hydrogen (secondary N) is 3. The van der Waals surface area contributed by atoms with Crippen LogP contribution in [0.15, 0.2) is 59.9 Å². The summed E-state index contributed by atoms with van der Waals surface area (Å²) in [7, 11) is 3.52. The zero-order valence-corrected chi connectivity index (χ0v) is 17.2. The molecule has 0 saturated heterocycles. The van der Waals surface area contributed by atoms with E-state index >= 15 is 0 Å². The number of amides is 1. The van der Waals surface area contributed by atoms with Crippen LogP contribution in [0.1, 0.15) is 38.5 Å². The summed E-state index contributed by atoms with van der Waals surface area (Å²) < 4.78 is 0. The van der Waals surface area contributed by atoms with E-state index in [0.717, 1.165) is 32.1 Å². The topological polar surface area (TPSA) is 87.3 Å². The highest BCUT2D eigenvalue weighted by Crippen LogP contribution is 2.26. The largest absolute Gasteiger partial charge is 0.319 e. The van der Waals surface area contributed by atoms with Crippen molar-refractivity contribution in [1.29, 1.82) is 0 Å². The molecule has 1 aliphatic carbocycles. The molecule has 1 heterocycles. The van der Waals surface area contributed by atoms with Crippen molar-refractivity contribution in [2.45, 2.75) is 44.2 Å². The first-order chi connectivity index (χ1) is 14.0. The second-order valence-electron chi connectivity index (χ2n) is 7.03. The Kier molecular flexibility index (Phi) is 8.96. The normalized spacial score (nSPS) is 24.8. The van der Waals surface area contributed by atoms with E-state index in [1.54, 1.807) is 26.2 Å². The molecule has 2 bridgehead atoms. The maximum absolute atomic E-state index is 13.1. The Morgan fingerprint density at radius 1 is 0.931 bits per heavy atom. The fourth-order valence-electron chi connectivity index (χ4n) is 3.44.